The van der Waals surface area contributed by atoms with Gasteiger partial charge in [0.05, 0.1) is 12.2 Å². The third-order valence-electron chi connectivity index (χ3n) is 4.93. The Bertz CT molecular complexity index is 891. The van der Waals surface area contributed by atoms with Crippen molar-refractivity contribution in [3.63, 3.8) is 0 Å². The Morgan fingerprint density at radius 2 is 1.83 bits per heavy atom. The molecule has 2 heterocycles. The van der Waals surface area contributed by atoms with E-state index in [-0.39, 0.29) is 11.9 Å². The molecule has 1 amide bonds. The number of anilines is 1. The molecule has 0 aliphatic heterocycles. The highest BCUT2D eigenvalue weighted by atomic mass is 32.2. The predicted molar refractivity (Wildman–Crippen MR) is 122 cm³/mol. The number of aryl methyl sites for hydroxylation is 3. The summed E-state index contributed by atoms with van der Waals surface area (Å²) >= 11 is 3.00. The number of amides is 1. The molecule has 162 valence electrons. The van der Waals surface area contributed by atoms with Crippen molar-refractivity contribution in [2.45, 2.75) is 70.9 Å². The average molecular weight is 448 g/mol. The van der Waals surface area contributed by atoms with E-state index in [9.17, 15) is 9.59 Å². The average Bonchev–Trinajstić information content (AvgIpc) is 2.97. The van der Waals surface area contributed by atoms with Crippen LogP contribution in [-0.4, -0.2) is 34.2 Å². The maximum Gasteiger partial charge on any atom is 0.341 e. The van der Waals surface area contributed by atoms with Crippen LogP contribution in [0, 0.1) is 13.8 Å². The van der Waals surface area contributed by atoms with Crippen molar-refractivity contribution in [3.8, 4) is 0 Å². The lowest BCUT2D eigenvalue weighted by atomic mass is 9.96. The Morgan fingerprint density at radius 1 is 1.13 bits per heavy atom. The van der Waals surface area contributed by atoms with Crippen LogP contribution in [-0.2, 0) is 22.4 Å². The highest BCUT2D eigenvalue weighted by Gasteiger charge is 2.26. The second kappa shape index (κ2) is 10.9. The SMILES string of the molecule is CCOC(=O)c1c(NC(=O)CCSc2nc(C)cc(C)n2)sc2c1CCCCCC2. The van der Waals surface area contributed by atoms with Crippen molar-refractivity contribution in [3.05, 3.63) is 33.5 Å². The number of nitrogens with zero attached hydrogens (tertiary/aromatic N) is 2. The van der Waals surface area contributed by atoms with Gasteiger partial charge in [-0.15, -0.1) is 11.3 Å². The van der Waals surface area contributed by atoms with Gasteiger partial charge in [0.1, 0.15) is 5.00 Å². The number of thioether (sulfide) groups is 1. The van der Waals surface area contributed by atoms with Gasteiger partial charge in [-0.2, -0.15) is 0 Å². The van der Waals surface area contributed by atoms with Gasteiger partial charge in [-0.25, -0.2) is 14.8 Å². The van der Waals surface area contributed by atoms with Crippen LogP contribution in [0.5, 0.6) is 0 Å². The molecule has 0 atom stereocenters. The molecule has 0 saturated heterocycles. The zero-order valence-electron chi connectivity index (χ0n) is 17.9. The van der Waals surface area contributed by atoms with Gasteiger partial charge < -0.3 is 10.1 Å². The Balaban J connectivity index is 1.68. The number of carbonyl (C=O) groups excluding carboxylic acids is 2. The molecule has 0 radical (unpaired) electrons. The van der Waals surface area contributed by atoms with E-state index in [1.807, 2.05) is 19.9 Å². The standard InChI is InChI=1S/C22H29N3O3S2/c1-4-28-21(27)19-16-9-7-5-6-8-10-17(16)30-20(19)25-18(26)11-12-29-22-23-14(2)13-15(3)24-22/h13H,4-12H2,1-3H3,(H,25,26). The molecule has 3 rings (SSSR count). The number of thiophene rings is 1. The largest absolute Gasteiger partial charge is 0.462 e. The summed E-state index contributed by atoms with van der Waals surface area (Å²) in [5.41, 5.74) is 3.48. The molecule has 6 nitrogen and oxygen atoms in total. The Morgan fingerprint density at radius 3 is 2.53 bits per heavy atom. The van der Waals surface area contributed by atoms with Crippen molar-refractivity contribution in [2.24, 2.45) is 0 Å². The summed E-state index contributed by atoms with van der Waals surface area (Å²) in [5, 5.41) is 4.31. The first-order chi connectivity index (χ1) is 14.5. The first-order valence-electron chi connectivity index (χ1n) is 10.5. The summed E-state index contributed by atoms with van der Waals surface area (Å²) < 4.78 is 5.30. The van der Waals surface area contributed by atoms with Crippen molar-refractivity contribution < 1.29 is 14.3 Å². The monoisotopic (exact) mass is 447 g/mol. The third-order valence-corrected chi connectivity index (χ3v) is 6.98. The summed E-state index contributed by atoms with van der Waals surface area (Å²) in [4.78, 5) is 35.3. The summed E-state index contributed by atoms with van der Waals surface area (Å²) in [5.74, 6) is 0.143. The third kappa shape index (κ3) is 6.04. The lowest BCUT2D eigenvalue weighted by molar-refractivity contribution is -0.115. The molecule has 0 fully saturated rings. The number of nitrogens with one attached hydrogen (secondary N) is 1. The van der Waals surface area contributed by atoms with Crippen LogP contribution >= 0.6 is 23.1 Å². The fourth-order valence-corrected chi connectivity index (χ4v) is 5.79. The highest BCUT2D eigenvalue weighted by molar-refractivity contribution is 7.99. The van der Waals surface area contributed by atoms with Crippen molar-refractivity contribution >= 4 is 40.0 Å². The molecule has 0 aromatic carbocycles. The predicted octanol–water partition coefficient (Wildman–Crippen LogP) is 5.11. The smallest absolute Gasteiger partial charge is 0.341 e. The lowest BCUT2D eigenvalue weighted by Gasteiger charge is -2.11. The summed E-state index contributed by atoms with van der Waals surface area (Å²) in [6.07, 6.45) is 6.73. The molecule has 0 bridgehead atoms. The maximum absolute atomic E-state index is 12.7. The summed E-state index contributed by atoms with van der Waals surface area (Å²) in [6.45, 7) is 6.00. The van der Waals surface area contributed by atoms with Gasteiger partial charge in [-0.3, -0.25) is 4.79 Å². The van der Waals surface area contributed by atoms with E-state index in [0.717, 1.165) is 42.6 Å². The highest BCUT2D eigenvalue weighted by Crippen LogP contribution is 2.37. The van der Waals surface area contributed by atoms with E-state index in [1.165, 1.54) is 40.8 Å². The minimum absolute atomic E-state index is 0.105. The number of fused-ring (bicyclic) bond motifs is 1. The molecule has 1 N–H and O–H groups in total. The normalized spacial score (nSPS) is 13.8. The van der Waals surface area contributed by atoms with Gasteiger partial charge in [-0.1, -0.05) is 24.6 Å². The number of ether oxygens (including phenoxy) is 1. The lowest BCUT2D eigenvalue weighted by Crippen LogP contribution is -2.15. The van der Waals surface area contributed by atoms with Gasteiger partial charge in [-0.05, 0) is 58.1 Å². The van der Waals surface area contributed by atoms with Crippen LogP contribution in [0.4, 0.5) is 5.00 Å². The molecule has 0 spiro atoms. The topological polar surface area (TPSA) is 81.2 Å². The molecule has 1 aliphatic carbocycles. The van der Waals surface area contributed by atoms with Gasteiger partial charge in [0.15, 0.2) is 5.16 Å². The first-order valence-corrected chi connectivity index (χ1v) is 12.3. The molecule has 30 heavy (non-hydrogen) atoms. The Labute approximate surface area is 186 Å². The molecule has 2 aromatic heterocycles. The molecular weight excluding hydrogens is 418 g/mol. The van der Waals surface area contributed by atoms with E-state index in [4.69, 9.17) is 4.74 Å². The van der Waals surface area contributed by atoms with Crippen LogP contribution in [0.2, 0.25) is 0 Å². The van der Waals surface area contributed by atoms with E-state index in [2.05, 4.69) is 15.3 Å². The van der Waals surface area contributed by atoms with Gasteiger partial charge in [0.25, 0.3) is 0 Å². The number of rotatable bonds is 7. The number of hydrogen-bond acceptors (Lipinski definition) is 7. The fraction of sp³-hybridized carbons (Fsp3) is 0.545. The zero-order valence-corrected chi connectivity index (χ0v) is 19.5. The van der Waals surface area contributed by atoms with E-state index < -0.39 is 0 Å². The van der Waals surface area contributed by atoms with Crippen molar-refractivity contribution in [1.29, 1.82) is 0 Å². The second-order valence-corrected chi connectivity index (χ2v) is 9.59. The quantitative estimate of drug-likeness (QED) is 0.361. The Hall–Kier alpha value is -1.93. The summed E-state index contributed by atoms with van der Waals surface area (Å²) in [6, 6.07) is 1.93. The van der Waals surface area contributed by atoms with E-state index >= 15 is 0 Å². The number of carbonyl (C=O) groups is 2. The molecule has 1 aliphatic rings. The van der Waals surface area contributed by atoms with Crippen LogP contribution in [0.1, 0.15) is 71.2 Å². The summed E-state index contributed by atoms with van der Waals surface area (Å²) in [7, 11) is 0. The van der Waals surface area contributed by atoms with Crippen LogP contribution in [0.3, 0.4) is 0 Å². The molecule has 0 unspecified atom stereocenters. The van der Waals surface area contributed by atoms with Crippen LogP contribution < -0.4 is 5.32 Å². The number of hydrogen-bond donors (Lipinski definition) is 1. The Kier molecular flexibility index (Phi) is 8.27. The fourth-order valence-electron chi connectivity index (χ4n) is 3.61. The van der Waals surface area contributed by atoms with Gasteiger partial charge in [0.2, 0.25) is 5.91 Å². The molecule has 8 heteroatoms. The maximum atomic E-state index is 12.7. The molecule has 0 saturated carbocycles. The first kappa shape index (κ1) is 22.7. The van der Waals surface area contributed by atoms with Crippen LogP contribution in [0.25, 0.3) is 0 Å². The van der Waals surface area contributed by atoms with Gasteiger partial charge >= 0.3 is 5.97 Å². The minimum Gasteiger partial charge on any atom is -0.462 e. The molecule has 2 aromatic rings. The second-order valence-electron chi connectivity index (χ2n) is 7.42. The van der Waals surface area contributed by atoms with Crippen molar-refractivity contribution in [1.82, 2.24) is 9.97 Å². The van der Waals surface area contributed by atoms with E-state index in [0.29, 0.717) is 34.5 Å². The molecular formula is C22H29N3O3S2. The number of esters is 1. The minimum atomic E-state index is -0.330. The number of aromatic nitrogens is 2. The zero-order chi connectivity index (χ0) is 21.5. The van der Waals surface area contributed by atoms with Crippen molar-refractivity contribution in [2.75, 3.05) is 17.7 Å². The van der Waals surface area contributed by atoms with E-state index in [1.54, 1.807) is 6.92 Å². The van der Waals surface area contributed by atoms with Crippen LogP contribution in [0.15, 0.2) is 11.2 Å². The van der Waals surface area contributed by atoms with Gasteiger partial charge in [0, 0.05) is 28.4 Å².